The van der Waals surface area contributed by atoms with E-state index < -0.39 is 10.0 Å². The first-order valence-corrected chi connectivity index (χ1v) is 10.8. The largest absolute Gasteiger partial charge is 0.362 e. The minimum atomic E-state index is -3.82. The zero-order valence-corrected chi connectivity index (χ0v) is 17.2. The lowest BCUT2D eigenvalue weighted by atomic mass is 10.0. The number of anilines is 1. The number of carbonyl (C=O) groups excluding carboxylic acids is 1. The zero-order valence-electron chi connectivity index (χ0n) is 16.3. The molecule has 0 spiro atoms. The lowest BCUT2D eigenvalue weighted by Gasteiger charge is -2.11. The molecule has 1 heterocycles. The van der Waals surface area contributed by atoms with Gasteiger partial charge in [-0.05, 0) is 48.2 Å². The van der Waals surface area contributed by atoms with Gasteiger partial charge >= 0.3 is 0 Å². The number of rotatable bonds is 5. The number of hydrogen-bond acceptors (Lipinski definition) is 3. The maximum atomic E-state index is 12.6. The van der Waals surface area contributed by atoms with E-state index in [2.05, 4.69) is 23.6 Å². The van der Waals surface area contributed by atoms with Gasteiger partial charge in [0.2, 0.25) is 0 Å². The summed E-state index contributed by atoms with van der Waals surface area (Å²) in [6.45, 7) is 4.99. The Kier molecular flexibility index (Phi) is 5.84. The van der Waals surface area contributed by atoms with Gasteiger partial charge < -0.3 is 10.2 Å². The third-order valence-corrected chi connectivity index (χ3v) is 6.09. The molecule has 148 valence electrons. The molecule has 2 aromatic carbocycles. The smallest absolute Gasteiger partial charge is 0.284 e. The summed E-state index contributed by atoms with van der Waals surface area (Å²) < 4.78 is 29.2. The van der Waals surface area contributed by atoms with Crippen molar-refractivity contribution in [2.45, 2.75) is 37.5 Å². The first kappa shape index (κ1) is 20.1. The summed E-state index contributed by atoms with van der Waals surface area (Å²) in [5.74, 6) is 0.672. The van der Waals surface area contributed by atoms with Crippen LogP contribution in [0.2, 0.25) is 0 Å². The van der Waals surface area contributed by atoms with Crippen LogP contribution in [0.1, 0.15) is 48.5 Å². The highest BCUT2D eigenvalue weighted by Crippen LogP contribution is 2.21. The Balaban J connectivity index is 1.78. The Hall–Kier alpha value is -2.67. The van der Waals surface area contributed by atoms with Gasteiger partial charge in [-0.1, -0.05) is 32.0 Å². The molecule has 2 aromatic rings. The Bertz CT molecular complexity index is 996. The Morgan fingerprint density at radius 1 is 1.14 bits per heavy atom. The topological polar surface area (TPSA) is 78.8 Å². The zero-order chi connectivity index (χ0) is 20.3. The van der Waals surface area contributed by atoms with E-state index >= 15 is 0 Å². The predicted octanol–water partition coefficient (Wildman–Crippen LogP) is 3.88. The molecule has 28 heavy (non-hydrogen) atoms. The summed E-state index contributed by atoms with van der Waals surface area (Å²) >= 11 is 0. The van der Waals surface area contributed by atoms with Gasteiger partial charge in [-0.25, -0.2) is 0 Å². The van der Waals surface area contributed by atoms with Crippen LogP contribution in [0.4, 0.5) is 5.69 Å². The fourth-order valence-corrected chi connectivity index (χ4v) is 4.20. The second-order valence-electron chi connectivity index (χ2n) is 7.27. The molecular weight excluding hydrogens is 374 g/mol. The van der Waals surface area contributed by atoms with Crippen molar-refractivity contribution >= 4 is 27.5 Å². The minimum Gasteiger partial charge on any atom is -0.362 e. The van der Waals surface area contributed by atoms with Crippen LogP contribution in [-0.2, 0) is 10.0 Å². The van der Waals surface area contributed by atoms with E-state index in [1.165, 1.54) is 12.1 Å². The molecule has 1 aliphatic heterocycles. The molecule has 3 rings (SSSR count). The molecule has 0 bridgehead atoms. The molecule has 0 atom stereocenters. The van der Waals surface area contributed by atoms with Crippen molar-refractivity contribution in [2.24, 2.45) is 4.40 Å². The fraction of sp³-hybridized carbons (Fsp3) is 0.333. The highest BCUT2D eigenvalue weighted by Gasteiger charge is 2.20. The van der Waals surface area contributed by atoms with E-state index in [0.717, 1.165) is 18.5 Å². The van der Waals surface area contributed by atoms with Crippen molar-refractivity contribution in [3.05, 3.63) is 59.7 Å². The fourth-order valence-electron chi connectivity index (χ4n) is 3.06. The molecule has 1 fully saturated rings. The van der Waals surface area contributed by atoms with Crippen molar-refractivity contribution in [3.8, 4) is 0 Å². The van der Waals surface area contributed by atoms with Gasteiger partial charge in [0.05, 0.1) is 4.90 Å². The third-order valence-electron chi connectivity index (χ3n) is 4.79. The van der Waals surface area contributed by atoms with Crippen LogP contribution < -0.4 is 5.32 Å². The molecule has 1 N–H and O–H groups in total. The van der Waals surface area contributed by atoms with Gasteiger partial charge in [0, 0.05) is 31.3 Å². The molecule has 0 aromatic heterocycles. The second-order valence-corrected chi connectivity index (χ2v) is 8.87. The number of amidine groups is 1. The van der Waals surface area contributed by atoms with E-state index in [-0.39, 0.29) is 10.8 Å². The van der Waals surface area contributed by atoms with E-state index in [1.54, 1.807) is 24.3 Å². The van der Waals surface area contributed by atoms with Crippen LogP contribution in [-0.4, -0.2) is 38.7 Å². The van der Waals surface area contributed by atoms with Crippen molar-refractivity contribution in [3.63, 3.8) is 0 Å². The number of benzene rings is 2. The van der Waals surface area contributed by atoms with Gasteiger partial charge in [0.15, 0.2) is 0 Å². The molecule has 1 aliphatic rings. The molecule has 1 amide bonds. The molecule has 1 saturated heterocycles. The summed E-state index contributed by atoms with van der Waals surface area (Å²) in [6, 6.07) is 13.6. The number of hydrogen-bond donors (Lipinski definition) is 1. The maximum absolute atomic E-state index is 12.6. The van der Waals surface area contributed by atoms with Crippen molar-refractivity contribution in [1.29, 1.82) is 0 Å². The SMILES string of the molecule is CC(C)c1ccc(C(=O)Nc2cccc(S(=O)(=O)/N=C3/CCCN3C)c2)cc1. The Morgan fingerprint density at radius 2 is 1.86 bits per heavy atom. The number of carbonyl (C=O) groups is 1. The first-order valence-electron chi connectivity index (χ1n) is 9.32. The summed E-state index contributed by atoms with van der Waals surface area (Å²) in [6.07, 6.45) is 1.55. The van der Waals surface area contributed by atoms with Crippen LogP contribution >= 0.6 is 0 Å². The lowest BCUT2D eigenvalue weighted by Crippen LogP contribution is -2.20. The number of amides is 1. The average Bonchev–Trinajstić information content (AvgIpc) is 3.06. The van der Waals surface area contributed by atoms with Gasteiger partial charge in [-0.3, -0.25) is 4.79 Å². The quantitative estimate of drug-likeness (QED) is 0.828. The molecular formula is C21H25N3O3S. The standard InChI is InChI=1S/C21H25N3O3S/c1-15(2)16-9-11-17(12-10-16)21(25)22-18-6-4-7-19(14-18)28(26,27)23-20-8-5-13-24(20)3/h4,6-7,9-12,14-15H,5,8,13H2,1-3H3,(H,22,25)/b23-20-. The van der Waals surface area contributed by atoms with Gasteiger partial charge in [-0.2, -0.15) is 8.42 Å². The monoisotopic (exact) mass is 399 g/mol. The molecule has 0 aliphatic carbocycles. The lowest BCUT2D eigenvalue weighted by molar-refractivity contribution is 0.102. The second kappa shape index (κ2) is 8.14. The van der Waals surface area contributed by atoms with Crippen LogP contribution in [0.25, 0.3) is 0 Å². The van der Waals surface area contributed by atoms with Crippen LogP contribution in [0.3, 0.4) is 0 Å². The van der Waals surface area contributed by atoms with Crippen molar-refractivity contribution in [2.75, 3.05) is 18.9 Å². The summed E-state index contributed by atoms with van der Waals surface area (Å²) in [7, 11) is -1.98. The minimum absolute atomic E-state index is 0.0632. The van der Waals surface area contributed by atoms with Crippen molar-refractivity contribution < 1.29 is 13.2 Å². The Morgan fingerprint density at radius 3 is 2.46 bits per heavy atom. The van der Waals surface area contributed by atoms with E-state index in [4.69, 9.17) is 0 Å². The Labute approximate surface area is 166 Å². The van der Waals surface area contributed by atoms with Crippen LogP contribution in [0.15, 0.2) is 57.8 Å². The number of nitrogens with one attached hydrogen (secondary N) is 1. The predicted molar refractivity (Wildman–Crippen MR) is 111 cm³/mol. The van der Waals surface area contributed by atoms with Gasteiger partial charge in [0.25, 0.3) is 15.9 Å². The van der Waals surface area contributed by atoms with E-state index in [9.17, 15) is 13.2 Å². The molecule has 0 saturated carbocycles. The molecule has 0 radical (unpaired) electrons. The summed E-state index contributed by atoms with van der Waals surface area (Å²) in [5.41, 5.74) is 2.09. The highest BCUT2D eigenvalue weighted by atomic mass is 32.2. The van der Waals surface area contributed by atoms with Crippen LogP contribution in [0, 0.1) is 0 Å². The van der Waals surface area contributed by atoms with Gasteiger partial charge in [0.1, 0.15) is 5.84 Å². The normalized spacial score (nSPS) is 16.0. The van der Waals surface area contributed by atoms with E-state index in [0.29, 0.717) is 29.4 Å². The molecule has 0 unspecified atom stereocenters. The number of sulfonamides is 1. The van der Waals surface area contributed by atoms with E-state index in [1.807, 2.05) is 24.1 Å². The number of likely N-dealkylation sites (tertiary alicyclic amines) is 1. The summed E-state index contributed by atoms with van der Waals surface area (Å²) in [4.78, 5) is 14.4. The summed E-state index contributed by atoms with van der Waals surface area (Å²) in [5, 5.41) is 2.76. The van der Waals surface area contributed by atoms with Gasteiger partial charge in [-0.15, -0.1) is 4.40 Å². The molecule has 6 nitrogen and oxygen atoms in total. The number of nitrogens with zero attached hydrogens (tertiary/aromatic N) is 2. The highest BCUT2D eigenvalue weighted by molar-refractivity contribution is 7.90. The first-order chi connectivity index (χ1) is 13.3. The molecule has 7 heteroatoms. The average molecular weight is 400 g/mol. The maximum Gasteiger partial charge on any atom is 0.284 e. The van der Waals surface area contributed by atoms with Crippen LogP contribution in [0.5, 0.6) is 0 Å². The van der Waals surface area contributed by atoms with Crippen molar-refractivity contribution in [1.82, 2.24) is 4.90 Å². The third kappa shape index (κ3) is 4.59.